The van der Waals surface area contributed by atoms with E-state index in [1.165, 1.54) is 0 Å². The fourth-order valence-corrected chi connectivity index (χ4v) is 2.53. The second-order valence-corrected chi connectivity index (χ2v) is 6.78. The molecule has 0 unspecified atom stereocenters. The number of nitrogens with zero attached hydrogens (tertiary/aromatic N) is 3. The van der Waals surface area contributed by atoms with Crippen LogP contribution >= 0.6 is 11.6 Å². The van der Waals surface area contributed by atoms with Gasteiger partial charge in [0.15, 0.2) is 0 Å². The summed E-state index contributed by atoms with van der Waals surface area (Å²) in [5, 5.41) is 0.378. The van der Waals surface area contributed by atoms with E-state index in [2.05, 4.69) is 9.88 Å². The Morgan fingerprint density at radius 2 is 2.00 bits per heavy atom. The van der Waals surface area contributed by atoms with Gasteiger partial charge in [-0.2, -0.15) is 0 Å². The predicted octanol–water partition coefficient (Wildman–Crippen LogP) is 2.76. The number of amides is 1. The van der Waals surface area contributed by atoms with Crippen LogP contribution in [-0.4, -0.2) is 47.8 Å². The number of carbonyl (C=O) groups excluding carboxylic acids is 1. The normalized spacial score (nSPS) is 16.4. The minimum absolute atomic E-state index is 0.270. The molecule has 1 amide bonds. The first kappa shape index (κ1) is 16.7. The third-order valence-electron chi connectivity index (χ3n) is 3.27. The summed E-state index contributed by atoms with van der Waals surface area (Å²) in [5.74, 6) is 0.746. The van der Waals surface area contributed by atoms with E-state index in [1.807, 2.05) is 20.8 Å². The zero-order valence-corrected chi connectivity index (χ0v) is 14.1. The summed E-state index contributed by atoms with van der Waals surface area (Å²) in [6, 6.07) is 3.42. The Morgan fingerprint density at radius 1 is 1.27 bits per heavy atom. The molecular weight excluding hydrogens is 304 g/mol. The van der Waals surface area contributed by atoms with Crippen LogP contribution in [0.25, 0.3) is 0 Å². The number of aromatic nitrogens is 1. The van der Waals surface area contributed by atoms with Gasteiger partial charge in [0.25, 0.3) is 0 Å². The fraction of sp³-hybridized carbons (Fsp3) is 0.600. The van der Waals surface area contributed by atoms with Crippen LogP contribution in [-0.2, 0) is 4.74 Å². The van der Waals surface area contributed by atoms with E-state index >= 15 is 0 Å². The summed E-state index contributed by atoms with van der Waals surface area (Å²) in [6.07, 6.45) is 0.570. The van der Waals surface area contributed by atoms with Gasteiger partial charge in [0.05, 0.1) is 0 Å². The van der Waals surface area contributed by atoms with Crippen LogP contribution in [0.5, 0.6) is 0 Å². The zero-order chi connectivity index (χ0) is 16.3. The van der Waals surface area contributed by atoms with E-state index in [0.29, 0.717) is 30.5 Å². The molecule has 1 aromatic rings. The Morgan fingerprint density at radius 3 is 2.64 bits per heavy atom. The largest absolute Gasteiger partial charge is 0.444 e. The smallest absolute Gasteiger partial charge is 0.410 e. The molecule has 2 rings (SSSR count). The highest BCUT2D eigenvalue weighted by molar-refractivity contribution is 6.29. The second-order valence-electron chi connectivity index (χ2n) is 6.39. The third-order valence-corrected chi connectivity index (χ3v) is 3.47. The molecule has 0 radical (unpaired) electrons. The molecule has 1 saturated heterocycles. The van der Waals surface area contributed by atoms with Crippen molar-refractivity contribution in [3.63, 3.8) is 0 Å². The quantitative estimate of drug-likeness (QED) is 0.803. The molecule has 0 aromatic carbocycles. The van der Waals surface area contributed by atoms with Crippen molar-refractivity contribution in [2.75, 3.05) is 36.8 Å². The van der Waals surface area contributed by atoms with Crippen LogP contribution in [0.1, 0.15) is 27.2 Å². The molecule has 6 nitrogen and oxygen atoms in total. The first-order chi connectivity index (χ1) is 10.2. The minimum atomic E-state index is -0.480. The van der Waals surface area contributed by atoms with Gasteiger partial charge in [-0.15, -0.1) is 0 Å². The summed E-state index contributed by atoms with van der Waals surface area (Å²) in [4.78, 5) is 20.3. The maximum absolute atomic E-state index is 12.1. The molecule has 0 spiro atoms. The van der Waals surface area contributed by atoms with E-state index in [9.17, 15) is 4.79 Å². The third kappa shape index (κ3) is 4.66. The molecule has 0 aliphatic carbocycles. The van der Waals surface area contributed by atoms with Crippen LogP contribution in [0.2, 0.25) is 5.15 Å². The molecule has 7 heteroatoms. The molecule has 2 heterocycles. The van der Waals surface area contributed by atoms with E-state index in [-0.39, 0.29) is 6.09 Å². The molecule has 1 aliphatic rings. The lowest BCUT2D eigenvalue weighted by Crippen LogP contribution is -2.39. The lowest BCUT2D eigenvalue weighted by molar-refractivity contribution is 0.0263. The van der Waals surface area contributed by atoms with Crippen LogP contribution in [0.4, 0.5) is 16.3 Å². The van der Waals surface area contributed by atoms with Crippen molar-refractivity contribution in [3.05, 3.63) is 17.3 Å². The number of pyridine rings is 1. The topological polar surface area (TPSA) is 71.7 Å². The Balaban J connectivity index is 2.02. The van der Waals surface area contributed by atoms with Gasteiger partial charge in [0, 0.05) is 37.9 Å². The zero-order valence-electron chi connectivity index (χ0n) is 13.3. The molecule has 1 aliphatic heterocycles. The van der Waals surface area contributed by atoms with Gasteiger partial charge in [-0.1, -0.05) is 11.6 Å². The lowest BCUT2D eigenvalue weighted by Gasteiger charge is -2.26. The number of anilines is 2. The molecule has 122 valence electrons. The molecule has 0 bridgehead atoms. The second kappa shape index (κ2) is 6.60. The fourth-order valence-electron chi connectivity index (χ4n) is 2.32. The van der Waals surface area contributed by atoms with Gasteiger partial charge in [-0.25, -0.2) is 9.78 Å². The number of halogens is 1. The van der Waals surface area contributed by atoms with Crippen molar-refractivity contribution in [2.24, 2.45) is 0 Å². The van der Waals surface area contributed by atoms with Gasteiger partial charge >= 0.3 is 6.09 Å². The standard InChI is InChI=1S/C15H23ClN4O2/c1-15(2,3)22-14(21)20-6-4-5-19(7-8-20)13-10-11(17)9-12(16)18-13/h9-10H,4-8H2,1-3H3,(H2,17,18). The highest BCUT2D eigenvalue weighted by atomic mass is 35.5. The first-order valence-electron chi connectivity index (χ1n) is 7.40. The number of carbonyl (C=O) groups is 1. The van der Waals surface area contributed by atoms with Gasteiger partial charge < -0.3 is 20.3 Å². The minimum Gasteiger partial charge on any atom is -0.444 e. The highest BCUT2D eigenvalue weighted by Gasteiger charge is 2.24. The predicted molar refractivity (Wildman–Crippen MR) is 88.3 cm³/mol. The number of ether oxygens (including phenoxy) is 1. The van der Waals surface area contributed by atoms with E-state index < -0.39 is 5.60 Å². The molecular formula is C15H23ClN4O2. The number of hydrogen-bond donors (Lipinski definition) is 1. The molecule has 1 aromatic heterocycles. The first-order valence-corrected chi connectivity index (χ1v) is 7.78. The number of nitrogens with two attached hydrogens (primary N) is 1. The maximum atomic E-state index is 12.1. The summed E-state index contributed by atoms with van der Waals surface area (Å²) < 4.78 is 5.42. The van der Waals surface area contributed by atoms with Crippen LogP contribution in [0, 0.1) is 0 Å². The van der Waals surface area contributed by atoms with Crippen molar-refractivity contribution in [1.82, 2.24) is 9.88 Å². The Kier molecular flexibility index (Phi) is 5.01. The summed E-state index contributed by atoms with van der Waals surface area (Å²) in [6.45, 7) is 8.33. The molecule has 0 atom stereocenters. The van der Waals surface area contributed by atoms with Crippen molar-refractivity contribution in [3.8, 4) is 0 Å². The van der Waals surface area contributed by atoms with Crippen LogP contribution in [0.15, 0.2) is 12.1 Å². The van der Waals surface area contributed by atoms with E-state index in [0.717, 1.165) is 18.8 Å². The van der Waals surface area contributed by atoms with Gasteiger partial charge in [-0.3, -0.25) is 0 Å². The molecule has 0 saturated carbocycles. The van der Waals surface area contributed by atoms with Gasteiger partial charge in [0.1, 0.15) is 16.6 Å². The average Bonchev–Trinajstić information content (AvgIpc) is 2.61. The Bertz CT molecular complexity index is 525. The number of rotatable bonds is 1. The van der Waals surface area contributed by atoms with Crippen molar-refractivity contribution in [2.45, 2.75) is 32.8 Å². The lowest BCUT2D eigenvalue weighted by atomic mass is 10.2. The van der Waals surface area contributed by atoms with Gasteiger partial charge in [-0.05, 0) is 33.3 Å². The van der Waals surface area contributed by atoms with Crippen molar-refractivity contribution < 1.29 is 9.53 Å². The average molecular weight is 327 g/mol. The SMILES string of the molecule is CC(C)(C)OC(=O)N1CCCN(c2cc(N)cc(Cl)n2)CC1. The molecule has 22 heavy (non-hydrogen) atoms. The summed E-state index contributed by atoms with van der Waals surface area (Å²) >= 11 is 5.96. The molecule has 1 fully saturated rings. The maximum Gasteiger partial charge on any atom is 0.410 e. The van der Waals surface area contributed by atoms with Crippen molar-refractivity contribution >= 4 is 29.2 Å². The van der Waals surface area contributed by atoms with Crippen LogP contribution < -0.4 is 10.6 Å². The molecule has 2 N–H and O–H groups in total. The summed E-state index contributed by atoms with van der Waals surface area (Å²) in [5.41, 5.74) is 5.92. The van der Waals surface area contributed by atoms with Gasteiger partial charge in [0.2, 0.25) is 0 Å². The Labute approximate surface area is 136 Å². The highest BCUT2D eigenvalue weighted by Crippen LogP contribution is 2.21. The van der Waals surface area contributed by atoms with E-state index in [1.54, 1.807) is 17.0 Å². The van der Waals surface area contributed by atoms with Crippen LogP contribution in [0.3, 0.4) is 0 Å². The van der Waals surface area contributed by atoms with Crippen molar-refractivity contribution in [1.29, 1.82) is 0 Å². The number of nitrogen functional groups attached to an aromatic ring is 1. The summed E-state index contributed by atoms with van der Waals surface area (Å²) in [7, 11) is 0. The number of hydrogen-bond acceptors (Lipinski definition) is 5. The Hall–Kier alpha value is -1.69. The monoisotopic (exact) mass is 326 g/mol. The van der Waals surface area contributed by atoms with E-state index in [4.69, 9.17) is 22.1 Å².